The van der Waals surface area contributed by atoms with Gasteiger partial charge in [-0.25, -0.2) is 0 Å². The average Bonchev–Trinajstić information content (AvgIpc) is 2.41. The summed E-state index contributed by atoms with van der Waals surface area (Å²) >= 11 is 0. The highest BCUT2D eigenvalue weighted by molar-refractivity contribution is 5.67. The molecule has 0 aliphatic heterocycles. The standard InChI is InChI=1S/C17H21NO/c1-5-10-18-11-16(13(3)14(4)17(18)19)15-8-6-12(2)7-9-15/h6-9,11H,5,10H2,1-4H3. The first-order valence-electron chi connectivity index (χ1n) is 6.82. The maximum Gasteiger partial charge on any atom is 0.253 e. The molecule has 1 aromatic heterocycles. The molecule has 0 bridgehead atoms. The van der Waals surface area contributed by atoms with Gasteiger partial charge in [-0.3, -0.25) is 4.79 Å². The molecular weight excluding hydrogens is 234 g/mol. The molecule has 1 heterocycles. The lowest BCUT2D eigenvalue weighted by molar-refractivity contribution is 0.650. The van der Waals surface area contributed by atoms with Crippen LogP contribution in [0.25, 0.3) is 11.1 Å². The third-order valence-corrected chi connectivity index (χ3v) is 3.66. The van der Waals surface area contributed by atoms with Gasteiger partial charge in [-0.1, -0.05) is 36.8 Å². The Morgan fingerprint density at radius 1 is 1.00 bits per heavy atom. The quantitative estimate of drug-likeness (QED) is 0.816. The summed E-state index contributed by atoms with van der Waals surface area (Å²) in [4.78, 5) is 12.2. The van der Waals surface area contributed by atoms with Crippen molar-refractivity contribution >= 4 is 0 Å². The van der Waals surface area contributed by atoms with Gasteiger partial charge in [-0.2, -0.15) is 0 Å². The fourth-order valence-electron chi connectivity index (χ4n) is 2.32. The van der Waals surface area contributed by atoms with Crippen LogP contribution >= 0.6 is 0 Å². The lowest BCUT2D eigenvalue weighted by Gasteiger charge is -2.13. The predicted molar refractivity (Wildman–Crippen MR) is 80.6 cm³/mol. The molecule has 0 saturated heterocycles. The van der Waals surface area contributed by atoms with Gasteiger partial charge in [0.15, 0.2) is 0 Å². The molecule has 0 aliphatic carbocycles. The minimum atomic E-state index is 0.134. The van der Waals surface area contributed by atoms with Crippen LogP contribution in [-0.2, 0) is 6.54 Å². The number of rotatable bonds is 3. The highest BCUT2D eigenvalue weighted by atomic mass is 16.1. The van der Waals surface area contributed by atoms with E-state index in [1.807, 2.05) is 24.6 Å². The maximum absolute atomic E-state index is 12.2. The zero-order valence-electron chi connectivity index (χ0n) is 12.2. The third kappa shape index (κ3) is 2.62. The van der Waals surface area contributed by atoms with Crippen LogP contribution in [0.15, 0.2) is 35.3 Å². The van der Waals surface area contributed by atoms with Crippen LogP contribution in [0.4, 0.5) is 0 Å². The van der Waals surface area contributed by atoms with E-state index < -0.39 is 0 Å². The van der Waals surface area contributed by atoms with E-state index in [4.69, 9.17) is 0 Å². The smallest absolute Gasteiger partial charge is 0.253 e. The minimum Gasteiger partial charge on any atom is -0.315 e. The van der Waals surface area contributed by atoms with Gasteiger partial charge < -0.3 is 4.57 Å². The number of aryl methyl sites for hydroxylation is 2. The van der Waals surface area contributed by atoms with E-state index in [9.17, 15) is 4.79 Å². The number of hydrogen-bond donors (Lipinski definition) is 0. The van der Waals surface area contributed by atoms with E-state index in [1.165, 1.54) is 11.1 Å². The van der Waals surface area contributed by atoms with Crippen LogP contribution in [-0.4, -0.2) is 4.57 Å². The van der Waals surface area contributed by atoms with Gasteiger partial charge in [-0.15, -0.1) is 0 Å². The van der Waals surface area contributed by atoms with Crippen molar-refractivity contribution in [3.8, 4) is 11.1 Å². The summed E-state index contributed by atoms with van der Waals surface area (Å²) in [6, 6.07) is 8.47. The molecule has 2 rings (SSSR count). The monoisotopic (exact) mass is 255 g/mol. The van der Waals surface area contributed by atoms with Gasteiger partial charge in [0.25, 0.3) is 5.56 Å². The molecule has 0 unspecified atom stereocenters. The van der Waals surface area contributed by atoms with Crippen molar-refractivity contribution in [2.24, 2.45) is 0 Å². The topological polar surface area (TPSA) is 22.0 Å². The van der Waals surface area contributed by atoms with Crippen LogP contribution in [0.1, 0.15) is 30.0 Å². The summed E-state index contributed by atoms with van der Waals surface area (Å²) < 4.78 is 1.83. The molecular formula is C17H21NO. The fraction of sp³-hybridized carbons (Fsp3) is 0.353. The van der Waals surface area contributed by atoms with Crippen molar-refractivity contribution in [1.82, 2.24) is 4.57 Å². The molecule has 0 fully saturated rings. The molecule has 0 saturated carbocycles. The number of aromatic nitrogens is 1. The summed E-state index contributed by atoms with van der Waals surface area (Å²) in [6.45, 7) is 8.90. The summed E-state index contributed by atoms with van der Waals surface area (Å²) in [5.41, 5.74) is 5.66. The average molecular weight is 255 g/mol. The van der Waals surface area contributed by atoms with Crippen molar-refractivity contribution in [3.63, 3.8) is 0 Å². The van der Waals surface area contributed by atoms with Gasteiger partial charge >= 0.3 is 0 Å². The highest BCUT2D eigenvalue weighted by Crippen LogP contribution is 2.24. The van der Waals surface area contributed by atoms with E-state index >= 15 is 0 Å². The van der Waals surface area contributed by atoms with E-state index in [0.29, 0.717) is 0 Å². The van der Waals surface area contributed by atoms with Crippen molar-refractivity contribution in [1.29, 1.82) is 0 Å². The first-order valence-corrected chi connectivity index (χ1v) is 6.82. The van der Waals surface area contributed by atoms with Crippen molar-refractivity contribution in [2.75, 3.05) is 0 Å². The number of pyridine rings is 1. The molecule has 0 aliphatic rings. The molecule has 0 radical (unpaired) electrons. The van der Waals surface area contributed by atoms with Gasteiger partial charge in [-0.05, 0) is 38.3 Å². The molecule has 19 heavy (non-hydrogen) atoms. The lowest BCUT2D eigenvalue weighted by atomic mass is 9.99. The Hall–Kier alpha value is -1.83. The zero-order valence-corrected chi connectivity index (χ0v) is 12.2. The Bertz CT molecular complexity index is 636. The Morgan fingerprint density at radius 3 is 2.21 bits per heavy atom. The minimum absolute atomic E-state index is 0.134. The van der Waals surface area contributed by atoms with Crippen LogP contribution < -0.4 is 5.56 Å². The van der Waals surface area contributed by atoms with Crippen molar-refractivity contribution < 1.29 is 0 Å². The number of nitrogens with zero attached hydrogens (tertiary/aromatic N) is 1. The summed E-state index contributed by atoms with van der Waals surface area (Å²) in [5, 5.41) is 0. The molecule has 0 atom stereocenters. The van der Waals surface area contributed by atoms with Crippen LogP contribution in [0.5, 0.6) is 0 Å². The molecule has 2 aromatic rings. The Kier molecular flexibility index (Phi) is 3.89. The second-order valence-corrected chi connectivity index (χ2v) is 5.16. The fourth-order valence-corrected chi connectivity index (χ4v) is 2.32. The largest absolute Gasteiger partial charge is 0.315 e. The van der Waals surface area contributed by atoms with Crippen molar-refractivity contribution in [3.05, 3.63) is 57.5 Å². The molecule has 0 amide bonds. The second-order valence-electron chi connectivity index (χ2n) is 5.16. The van der Waals surface area contributed by atoms with Crippen LogP contribution in [0.2, 0.25) is 0 Å². The molecule has 1 aromatic carbocycles. The van der Waals surface area contributed by atoms with E-state index in [2.05, 4.69) is 38.1 Å². The normalized spacial score (nSPS) is 10.7. The molecule has 2 heteroatoms. The lowest BCUT2D eigenvalue weighted by Crippen LogP contribution is -2.23. The van der Waals surface area contributed by atoms with E-state index in [-0.39, 0.29) is 5.56 Å². The molecule has 2 nitrogen and oxygen atoms in total. The highest BCUT2D eigenvalue weighted by Gasteiger charge is 2.10. The molecule has 0 N–H and O–H groups in total. The van der Waals surface area contributed by atoms with E-state index in [0.717, 1.165) is 29.7 Å². The molecule has 0 spiro atoms. The van der Waals surface area contributed by atoms with Crippen molar-refractivity contribution in [2.45, 2.75) is 40.7 Å². The summed E-state index contributed by atoms with van der Waals surface area (Å²) in [6.07, 6.45) is 2.97. The Balaban J connectivity index is 2.63. The molecule has 100 valence electrons. The maximum atomic E-state index is 12.2. The predicted octanol–water partition coefficient (Wildman–Crippen LogP) is 3.85. The first-order chi connectivity index (χ1) is 9.04. The Morgan fingerprint density at radius 2 is 1.63 bits per heavy atom. The zero-order chi connectivity index (χ0) is 14.0. The van der Waals surface area contributed by atoms with Gasteiger partial charge in [0.05, 0.1) is 0 Å². The van der Waals surface area contributed by atoms with Gasteiger partial charge in [0.2, 0.25) is 0 Å². The first kappa shape index (κ1) is 13.6. The summed E-state index contributed by atoms with van der Waals surface area (Å²) in [7, 11) is 0. The third-order valence-electron chi connectivity index (χ3n) is 3.66. The van der Waals surface area contributed by atoms with E-state index in [1.54, 1.807) is 0 Å². The Labute approximate surface area is 114 Å². The summed E-state index contributed by atoms with van der Waals surface area (Å²) in [5.74, 6) is 0. The van der Waals surface area contributed by atoms with Crippen LogP contribution in [0, 0.1) is 20.8 Å². The number of benzene rings is 1. The van der Waals surface area contributed by atoms with Gasteiger partial charge in [0.1, 0.15) is 0 Å². The SMILES string of the molecule is CCCn1cc(-c2ccc(C)cc2)c(C)c(C)c1=O. The van der Waals surface area contributed by atoms with Crippen LogP contribution in [0.3, 0.4) is 0 Å². The number of hydrogen-bond acceptors (Lipinski definition) is 1. The second kappa shape index (κ2) is 5.43. The van der Waals surface area contributed by atoms with Gasteiger partial charge in [0, 0.05) is 23.9 Å².